The molecule has 1 aliphatic heterocycles. The predicted octanol–water partition coefficient (Wildman–Crippen LogP) is 4.72. The molecular formula is C25H24N4O2S. The molecule has 5 rings (SSSR count). The molecule has 0 saturated carbocycles. The van der Waals surface area contributed by atoms with Gasteiger partial charge >= 0.3 is 0 Å². The van der Waals surface area contributed by atoms with Crippen LogP contribution < -0.4 is 11.1 Å². The molecule has 32 heavy (non-hydrogen) atoms. The Labute approximate surface area is 190 Å². The largest absolute Gasteiger partial charge is 0.381 e. The zero-order valence-electron chi connectivity index (χ0n) is 17.6. The van der Waals surface area contributed by atoms with E-state index in [1.165, 1.54) is 0 Å². The molecule has 2 aromatic heterocycles. The summed E-state index contributed by atoms with van der Waals surface area (Å²) in [5.41, 5.74) is 8.32. The van der Waals surface area contributed by atoms with E-state index < -0.39 is 5.41 Å². The van der Waals surface area contributed by atoms with Crippen molar-refractivity contribution in [2.24, 2.45) is 11.1 Å². The van der Waals surface area contributed by atoms with Gasteiger partial charge in [0, 0.05) is 36.3 Å². The lowest BCUT2D eigenvalue weighted by atomic mass is 9.79. The maximum absolute atomic E-state index is 12.4. The summed E-state index contributed by atoms with van der Waals surface area (Å²) in [6, 6.07) is 20.1. The number of rotatable bonds is 6. The quantitative estimate of drug-likeness (QED) is 0.449. The van der Waals surface area contributed by atoms with Crippen molar-refractivity contribution in [1.29, 1.82) is 0 Å². The molecule has 0 aliphatic carbocycles. The summed E-state index contributed by atoms with van der Waals surface area (Å²) in [5, 5.41) is 6.57. The van der Waals surface area contributed by atoms with Crippen molar-refractivity contribution in [3.63, 3.8) is 0 Å². The molecule has 3 N–H and O–H groups in total. The zero-order chi connectivity index (χ0) is 22.0. The molecule has 4 aromatic rings. The van der Waals surface area contributed by atoms with Crippen LogP contribution in [0.2, 0.25) is 0 Å². The average Bonchev–Trinajstić information content (AvgIpc) is 3.28. The number of nitrogens with one attached hydrogen (secondary N) is 1. The third-order valence-corrected chi connectivity index (χ3v) is 6.99. The average molecular weight is 445 g/mol. The second-order valence-electron chi connectivity index (χ2n) is 8.07. The lowest BCUT2D eigenvalue weighted by Crippen LogP contribution is -2.46. The van der Waals surface area contributed by atoms with Crippen LogP contribution in [0.15, 0.2) is 66.0 Å². The molecule has 7 heteroatoms. The molecule has 1 saturated heterocycles. The Balaban J connectivity index is 1.61. The van der Waals surface area contributed by atoms with Crippen LogP contribution in [0.1, 0.15) is 12.8 Å². The summed E-state index contributed by atoms with van der Waals surface area (Å²) < 4.78 is 5.48. The van der Waals surface area contributed by atoms with E-state index in [-0.39, 0.29) is 5.91 Å². The molecule has 3 heterocycles. The number of nitrogens with zero attached hydrogens (tertiary/aromatic N) is 2. The summed E-state index contributed by atoms with van der Waals surface area (Å²) in [5.74, 6) is 1.08. The van der Waals surface area contributed by atoms with E-state index >= 15 is 0 Å². The number of carbonyl (C=O) groups excluding carboxylic acids is 1. The number of nitrogens with two attached hydrogens (primary N) is 1. The Morgan fingerprint density at radius 2 is 1.66 bits per heavy atom. The normalized spacial score (nSPS) is 15.5. The number of benzene rings is 2. The van der Waals surface area contributed by atoms with Gasteiger partial charge in [-0.25, -0.2) is 9.97 Å². The maximum Gasteiger partial charge on any atom is 0.225 e. The van der Waals surface area contributed by atoms with E-state index in [9.17, 15) is 4.79 Å². The van der Waals surface area contributed by atoms with Crippen molar-refractivity contribution < 1.29 is 9.53 Å². The van der Waals surface area contributed by atoms with Crippen LogP contribution in [0.3, 0.4) is 0 Å². The van der Waals surface area contributed by atoms with Crippen molar-refractivity contribution in [2.75, 3.05) is 25.1 Å². The topological polar surface area (TPSA) is 90.1 Å². The summed E-state index contributed by atoms with van der Waals surface area (Å²) in [7, 11) is 0. The van der Waals surface area contributed by atoms with Gasteiger partial charge in [0.05, 0.1) is 10.8 Å². The molecular weight excluding hydrogens is 420 g/mol. The Morgan fingerprint density at radius 1 is 1.00 bits per heavy atom. The fourth-order valence-electron chi connectivity index (χ4n) is 4.14. The van der Waals surface area contributed by atoms with Crippen LogP contribution in [-0.2, 0) is 9.53 Å². The molecule has 0 atom stereocenters. The smallest absolute Gasteiger partial charge is 0.225 e. The Bertz CT molecular complexity index is 1240. The molecule has 2 aromatic carbocycles. The highest BCUT2D eigenvalue weighted by Gasteiger charge is 2.38. The molecule has 0 bridgehead atoms. The number of amides is 1. The highest BCUT2D eigenvalue weighted by atomic mass is 32.1. The van der Waals surface area contributed by atoms with E-state index in [1.807, 2.05) is 48.5 Å². The van der Waals surface area contributed by atoms with Crippen molar-refractivity contribution in [3.8, 4) is 22.5 Å². The van der Waals surface area contributed by atoms with Gasteiger partial charge < -0.3 is 15.8 Å². The fourth-order valence-corrected chi connectivity index (χ4v) is 5.09. The Hall–Kier alpha value is -3.29. The monoisotopic (exact) mass is 444 g/mol. The zero-order valence-corrected chi connectivity index (χ0v) is 18.4. The van der Waals surface area contributed by atoms with E-state index in [2.05, 4.69) is 22.8 Å². The first-order valence-corrected chi connectivity index (χ1v) is 11.6. The van der Waals surface area contributed by atoms with Gasteiger partial charge in [0.1, 0.15) is 10.6 Å². The van der Waals surface area contributed by atoms with Crippen molar-refractivity contribution in [2.45, 2.75) is 12.8 Å². The minimum Gasteiger partial charge on any atom is -0.381 e. The number of hydrogen-bond donors (Lipinski definition) is 2. The van der Waals surface area contributed by atoms with Crippen LogP contribution in [0.25, 0.3) is 32.7 Å². The maximum atomic E-state index is 12.4. The van der Waals surface area contributed by atoms with Crippen LogP contribution in [0.5, 0.6) is 0 Å². The molecule has 0 unspecified atom stereocenters. The molecule has 1 fully saturated rings. The second-order valence-corrected chi connectivity index (χ2v) is 8.93. The van der Waals surface area contributed by atoms with Gasteiger partial charge in [-0.1, -0.05) is 60.7 Å². The molecule has 1 aliphatic rings. The molecule has 0 spiro atoms. The predicted molar refractivity (Wildman–Crippen MR) is 128 cm³/mol. The Morgan fingerprint density at radius 3 is 2.31 bits per heavy atom. The lowest BCUT2D eigenvalue weighted by molar-refractivity contribution is -0.132. The minimum atomic E-state index is -0.647. The van der Waals surface area contributed by atoms with Gasteiger partial charge in [-0.15, -0.1) is 11.3 Å². The third kappa shape index (κ3) is 3.85. The second kappa shape index (κ2) is 8.68. The molecule has 6 nitrogen and oxygen atoms in total. The van der Waals surface area contributed by atoms with Crippen LogP contribution in [0.4, 0.5) is 5.82 Å². The summed E-state index contributed by atoms with van der Waals surface area (Å²) in [4.78, 5) is 23.0. The van der Waals surface area contributed by atoms with E-state index in [0.717, 1.165) is 32.7 Å². The number of aromatic nitrogens is 2. The first-order chi connectivity index (χ1) is 15.7. The summed E-state index contributed by atoms with van der Waals surface area (Å²) >= 11 is 1.60. The highest BCUT2D eigenvalue weighted by Crippen LogP contribution is 2.39. The van der Waals surface area contributed by atoms with E-state index in [1.54, 1.807) is 11.3 Å². The SMILES string of the molecule is NC(=O)C1(CNc2nc(-c3ccccc3)nc3scc(-c4ccccc4)c23)CCOCC1. The Kier molecular flexibility index (Phi) is 5.59. The highest BCUT2D eigenvalue weighted by molar-refractivity contribution is 7.17. The van der Waals surface area contributed by atoms with Crippen molar-refractivity contribution >= 4 is 33.3 Å². The first kappa shape index (κ1) is 20.6. The fraction of sp³-hybridized carbons (Fsp3) is 0.240. The molecule has 1 amide bonds. The van der Waals surface area contributed by atoms with E-state index in [0.29, 0.717) is 38.4 Å². The van der Waals surface area contributed by atoms with E-state index in [4.69, 9.17) is 20.4 Å². The van der Waals surface area contributed by atoms with Crippen molar-refractivity contribution in [1.82, 2.24) is 9.97 Å². The van der Waals surface area contributed by atoms with Gasteiger partial charge in [0.2, 0.25) is 5.91 Å². The molecule has 162 valence electrons. The number of carbonyl (C=O) groups is 1. The van der Waals surface area contributed by atoms with Gasteiger partial charge in [-0.3, -0.25) is 4.79 Å². The minimum absolute atomic E-state index is 0.296. The number of anilines is 1. The van der Waals surface area contributed by atoms with Gasteiger partial charge in [-0.05, 0) is 18.4 Å². The van der Waals surface area contributed by atoms with Crippen molar-refractivity contribution in [3.05, 3.63) is 66.0 Å². The number of hydrogen-bond acceptors (Lipinski definition) is 6. The van der Waals surface area contributed by atoms with Gasteiger partial charge in [-0.2, -0.15) is 0 Å². The first-order valence-electron chi connectivity index (χ1n) is 10.7. The standard InChI is InChI=1S/C25H24N4O2S/c26-24(30)25(11-13-31-14-12-25)16-27-22-20-19(17-7-3-1-4-8-17)15-32-23(20)29-21(28-22)18-9-5-2-6-10-18/h1-10,15H,11-14,16H2,(H2,26,30)(H,27,28,29). The number of primary amides is 1. The lowest BCUT2D eigenvalue weighted by Gasteiger charge is -2.34. The third-order valence-electron chi connectivity index (χ3n) is 6.12. The van der Waals surface area contributed by atoms with Gasteiger partial charge in [0.25, 0.3) is 0 Å². The van der Waals surface area contributed by atoms with Crippen LogP contribution in [-0.4, -0.2) is 35.6 Å². The van der Waals surface area contributed by atoms with Crippen LogP contribution in [0, 0.1) is 5.41 Å². The number of fused-ring (bicyclic) bond motifs is 1. The summed E-state index contributed by atoms with van der Waals surface area (Å²) in [6.07, 6.45) is 1.20. The summed E-state index contributed by atoms with van der Waals surface area (Å²) in [6.45, 7) is 1.48. The number of ether oxygens (including phenoxy) is 1. The molecule has 0 radical (unpaired) electrons. The van der Waals surface area contributed by atoms with Crippen LogP contribution >= 0.6 is 11.3 Å². The van der Waals surface area contributed by atoms with Gasteiger partial charge in [0.15, 0.2) is 5.82 Å². The number of thiophene rings is 1.